The Kier molecular flexibility index (Phi) is 4.72. The van der Waals surface area contributed by atoms with Gasteiger partial charge in [0.15, 0.2) is 0 Å². The number of hydrogen-bond acceptors (Lipinski definition) is 5. The molecule has 0 bridgehead atoms. The molecule has 4 rings (SSSR count). The number of para-hydroxylation sites is 1. The standard InChI is InChI=1S/C20H17ClN6/c21-17-11-18(25-20(22)24-17)23-12-15-13-27(16-9-5-2-6-10-16)26-19(15)14-7-3-1-4-8-14/h1-11,13H,12H2,(H3,22,23,24,25). The monoisotopic (exact) mass is 376 g/mol. The molecular weight excluding hydrogens is 360 g/mol. The Morgan fingerprint density at radius 3 is 2.37 bits per heavy atom. The molecule has 6 nitrogen and oxygen atoms in total. The second-order valence-corrected chi connectivity index (χ2v) is 6.32. The molecule has 0 unspecified atom stereocenters. The summed E-state index contributed by atoms with van der Waals surface area (Å²) in [6.07, 6.45) is 2.01. The van der Waals surface area contributed by atoms with Gasteiger partial charge in [0.25, 0.3) is 0 Å². The third-order valence-electron chi connectivity index (χ3n) is 4.03. The van der Waals surface area contributed by atoms with E-state index in [1.54, 1.807) is 6.07 Å². The van der Waals surface area contributed by atoms with Crippen LogP contribution in [0.5, 0.6) is 0 Å². The van der Waals surface area contributed by atoms with E-state index >= 15 is 0 Å². The third-order valence-corrected chi connectivity index (χ3v) is 4.22. The van der Waals surface area contributed by atoms with Gasteiger partial charge in [-0.1, -0.05) is 60.1 Å². The molecule has 0 amide bonds. The van der Waals surface area contributed by atoms with Crippen molar-refractivity contribution in [3.63, 3.8) is 0 Å². The van der Waals surface area contributed by atoms with Crippen LogP contribution in [0.4, 0.5) is 11.8 Å². The fraction of sp³-hybridized carbons (Fsp3) is 0.0500. The number of aromatic nitrogens is 4. The molecule has 2 aromatic carbocycles. The van der Waals surface area contributed by atoms with Gasteiger partial charge in [-0.05, 0) is 12.1 Å². The van der Waals surface area contributed by atoms with Crippen LogP contribution in [-0.2, 0) is 6.54 Å². The summed E-state index contributed by atoms with van der Waals surface area (Å²) in [4.78, 5) is 8.03. The van der Waals surface area contributed by atoms with E-state index in [4.69, 9.17) is 22.4 Å². The van der Waals surface area contributed by atoms with Crippen LogP contribution >= 0.6 is 11.6 Å². The maximum atomic E-state index is 5.96. The lowest BCUT2D eigenvalue weighted by atomic mass is 10.1. The van der Waals surface area contributed by atoms with Gasteiger partial charge in [0.2, 0.25) is 5.95 Å². The van der Waals surface area contributed by atoms with E-state index in [0.717, 1.165) is 22.5 Å². The normalized spacial score (nSPS) is 10.7. The Morgan fingerprint density at radius 1 is 0.963 bits per heavy atom. The Balaban J connectivity index is 1.68. The average Bonchev–Trinajstić information content (AvgIpc) is 3.11. The largest absolute Gasteiger partial charge is 0.368 e. The van der Waals surface area contributed by atoms with Gasteiger partial charge in [0.1, 0.15) is 11.0 Å². The number of nitrogen functional groups attached to an aromatic ring is 1. The van der Waals surface area contributed by atoms with Crippen LogP contribution in [0.1, 0.15) is 5.56 Å². The summed E-state index contributed by atoms with van der Waals surface area (Å²) in [7, 11) is 0. The van der Waals surface area contributed by atoms with E-state index in [1.807, 2.05) is 71.5 Å². The van der Waals surface area contributed by atoms with Crippen LogP contribution in [0, 0.1) is 0 Å². The zero-order chi connectivity index (χ0) is 18.6. The third kappa shape index (κ3) is 3.91. The van der Waals surface area contributed by atoms with E-state index in [1.165, 1.54) is 0 Å². The van der Waals surface area contributed by atoms with Crippen molar-refractivity contribution in [3.05, 3.63) is 83.6 Å². The number of benzene rings is 2. The van der Waals surface area contributed by atoms with Crippen LogP contribution in [0.3, 0.4) is 0 Å². The SMILES string of the molecule is Nc1nc(Cl)cc(NCc2cn(-c3ccccc3)nc2-c2ccccc2)n1. The highest BCUT2D eigenvalue weighted by Crippen LogP contribution is 2.24. The minimum absolute atomic E-state index is 0.133. The highest BCUT2D eigenvalue weighted by atomic mass is 35.5. The van der Waals surface area contributed by atoms with Crippen molar-refractivity contribution >= 4 is 23.4 Å². The first-order valence-corrected chi connectivity index (χ1v) is 8.80. The van der Waals surface area contributed by atoms with Crippen LogP contribution in [-0.4, -0.2) is 19.7 Å². The van der Waals surface area contributed by atoms with Crippen molar-refractivity contribution in [1.82, 2.24) is 19.7 Å². The number of nitrogens with two attached hydrogens (primary N) is 1. The summed E-state index contributed by atoms with van der Waals surface area (Å²) in [6, 6.07) is 21.7. The first-order chi connectivity index (χ1) is 13.2. The van der Waals surface area contributed by atoms with Gasteiger partial charge < -0.3 is 11.1 Å². The smallest absolute Gasteiger partial charge is 0.223 e. The second-order valence-electron chi connectivity index (χ2n) is 5.94. The number of rotatable bonds is 5. The molecule has 0 aliphatic rings. The lowest BCUT2D eigenvalue weighted by Crippen LogP contribution is -2.04. The van der Waals surface area contributed by atoms with Gasteiger partial charge in [-0.3, -0.25) is 0 Å². The van der Waals surface area contributed by atoms with Gasteiger partial charge >= 0.3 is 0 Å². The highest BCUT2D eigenvalue weighted by molar-refractivity contribution is 6.29. The van der Waals surface area contributed by atoms with Crippen LogP contribution in [0.25, 0.3) is 16.9 Å². The highest BCUT2D eigenvalue weighted by Gasteiger charge is 2.12. The molecule has 0 spiro atoms. The predicted octanol–water partition coefficient (Wildman–Crippen LogP) is 4.18. The van der Waals surface area contributed by atoms with Crippen LogP contribution in [0.15, 0.2) is 72.9 Å². The molecular formula is C20H17ClN6. The summed E-state index contributed by atoms with van der Waals surface area (Å²) < 4.78 is 1.88. The lowest BCUT2D eigenvalue weighted by molar-refractivity contribution is 0.883. The van der Waals surface area contributed by atoms with E-state index < -0.39 is 0 Å². The number of halogens is 1. The molecule has 2 heterocycles. The van der Waals surface area contributed by atoms with Crippen molar-refractivity contribution < 1.29 is 0 Å². The Morgan fingerprint density at radius 2 is 1.67 bits per heavy atom. The van der Waals surface area contributed by atoms with E-state index in [-0.39, 0.29) is 5.95 Å². The molecule has 0 atom stereocenters. The average molecular weight is 377 g/mol. The van der Waals surface area contributed by atoms with Crippen molar-refractivity contribution in [1.29, 1.82) is 0 Å². The van der Waals surface area contributed by atoms with Crippen molar-refractivity contribution in [2.45, 2.75) is 6.54 Å². The predicted molar refractivity (Wildman–Crippen MR) is 108 cm³/mol. The molecule has 0 saturated heterocycles. The molecule has 2 aromatic heterocycles. The van der Waals surface area contributed by atoms with Gasteiger partial charge in [-0.15, -0.1) is 0 Å². The molecule has 0 radical (unpaired) electrons. The zero-order valence-electron chi connectivity index (χ0n) is 14.4. The van der Waals surface area contributed by atoms with E-state index in [9.17, 15) is 0 Å². The maximum absolute atomic E-state index is 5.96. The van der Waals surface area contributed by atoms with Crippen molar-refractivity contribution in [3.8, 4) is 16.9 Å². The quantitative estimate of drug-likeness (QED) is 0.511. The van der Waals surface area contributed by atoms with Gasteiger partial charge in [0.05, 0.1) is 11.4 Å². The molecule has 134 valence electrons. The Bertz CT molecular complexity index is 1030. The van der Waals surface area contributed by atoms with E-state index in [2.05, 4.69) is 15.3 Å². The second kappa shape index (κ2) is 7.47. The Labute approximate surface area is 161 Å². The summed E-state index contributed by atoms with van der Waals surface area (Å²) >= 11 is 5.96. The molecule has 3 N–H and O–H groups in total. The van der Waals surface area contributed by atoms with Crippen molar-refractivity contribution in [2.24, 2.45) is 0 Å². The van der Waals surface area contributed by atoms with Gasteiger partial charge in [-0.2, -0.15) is 10.1 Å². The summed E-state index contributed by atoms with van der Waals surface area (Å²) in [5.41, 5.74) is 9.64. The van der Waals surface area contributed by atoms with Gasteiger partial charge in [0, 0.05) is 29.9 Å². The molecule has 0 aliphatic heterocycles. The van der Waals surface area contributed by atoms with Crippen molar-refractivity contribution in [2.75, 3.05) is 11.1 Å². The fourth-order valence-electron chi connectivity index (χ4n) is 2.80. The topological polar surface area (TPSA) is 81.6 Å². The van der Waals surface area contributed by atoms with Crippen LogP contribution in [0.2, 0.25) is 5.15 Å². The van der Waals surface area contributed by atoms with Gasteiger partial charge in [-0.25, -0.2) is 9.67 Å². The zero-order valence-corrected chi connectivity index (χ0v) is 15.1. The lowest BCUT2D eigenvalue weighted by Gasteiger charge is -2.06. The molecule has 0 saturated carbocycles. The number of nitrogens with one attached hydrogen (secondary N) is 1. The fourth-order valence-corrected chi connectivity index (χ4v) is 2.99. The molecule has 27 heavy (non-hydrogen) atoms. The number of nitrogens with zero attached hydrogens (tertiary/aromatic N) is 4. The summed E-state index contributed by atoms with van der Waals surface area (Å²) in [5.74, 6) is 0.701. The molecule has 4 aromatic rings. The van der Waals surface area contributed by atoms with E-state index in [0.29, 0.717) is 17.5 Å². The first kappa shape index (κ1) is 17.1. The minimum Gasteiger partial charge on any atom is -0.368 e. The Hall–Kier alpha value is -3.38. The van der Waals surface area contributed by atoms with Crippen LogP contribution < -0.4 is 11.1 Å². The number of hydrogen-bond donors (Lipinski definition) is 2. The molecule has 7 heteroatoms. The summed E-state index contributed by atoms with van der Waals surface area (Å²) in [5, 5.41) is 8.34. The maximum Gasteiger partial charge on any atom is 0.223 e. The first-order valence-electron chi connectivity index (χ1n) is 8.42. The summed E-state index contributed by atoms with van der Waals surface area (Å²) in [6.45, 7) is 0.518. The molecule has 0 fully saturated rings. The number of anilines is 2. The minimum atomic E-state index is 0.133. The molecule has 0 aliphatic carbocycles.